The first-order valence-corrected chi connectivity index (χ1v) is 8.41. The molecule has 2 aromatic heterocycles. The molecular formula is C16H21N3OS. The van der Waals surface area contributed by atoms with E-state index in [-0.39, 0.29) is 11.6 Å². The Morgan fingerprint density at radius 3 is 3.19 bits per heavy atom. The molecule has 1 N–H and O–H groups in total. The summed E-state index contributed by atoms with van der Waals surface area (Å²) in [4.78, 5) is 18.2. The van der Waals surface area contributed by atoms with E-state index in [1.54, 1.807) is 17.0 Å². The summed E-state index contributed by atoms with van der Waals surface area (Å²) in [6.07, 6.45) is 6.86. The zero-order chi connectivity index (χ0) is 14.8. The van der Waals surface area contributed by atoms with Crippen LogP contribution in [0.15, 0.2) is 28.6 Å². The second-order valence-electron chi connectivity index (χ2n) is 6.02. The Bertz CT molecular complexity index is 674. The number of fused-ring (bicyclic) bond motifs is 1. The van der Waals surface area contributed by atoms with E-state index < -0.39 is 0 Å². The molecule has 5 heteroatoms. The third-order valence-electron chi connectivity index (χ3n) is 3.84. The SMILES string of the molecule is CC(C)Cn1ccnc(NC2CCCc3sccc32)c1=O. The van der Waals surface area contributed by atoms with Crippen molar-refractivity contribution in [2.75, 3.05) is 5.32 Å². The Morgan fingerprint density at radius 1 is 1.52 bits per heavy atom. The minimum absolute atomic E-state index is 0.0199. The number of hydrogen-bond acceptors (Lipinski definition) is 4. The monoisotopic (exact) mass is 303 g/mol. The number of anilines is 1. The standard InChI is InChI=1S/C16H21N3OS/c1-11(2)10-19-8-7-17-15(16(19)20)18-13-4-3-5-14-12(13)6-9-21-14/h6-9,11,13H,3-5,10H2,1-2H3,(H,17,18). The van der Waals surface area contributed by atoms with E-state index in [0.29, 0.717) is 11.7 Å². The fourth-order valence-electron chi connectivity index (χ4n) is 2.88. The fraction of sp³-hybridized carbons (Fsp3) is 0.500. The highest BCUT2D eigenvalue weighted by molar-refractivity contribution is 7.10. The highest BCUT2D eigenvalue weighted by Gasteiger charge is 2.22. The van der Waals surface area contributed by atoms with Gasteiger partial charge in [0.2, 0.25) is 0 Å². The number of hydrogen-bond donors (Lipinski definition) is 1. The summed E-state index contributed by atoms with van der Waals surface area (Å²) in [6, 6.07) is 2.39. The molecule has 0 radical (unpaired) electrons. The van der Waals surface area contributed by atoms with E-state index in [1.165, 1.54) is 10.4 Å². The minimum Gasteiger partial charge on any atom is -0.359 e. The van der Waals surface area contributed by atoms with E-state index in [4.69, 9.17) is 0 Å². The topological polar surface area (TPSA) is 46.9 Å². The molecule has 0 bridgehead atoms. The zero-order valence-electron chi connectivity index (χ0n) is 12.5. The lowest BCUT2D eigenvalue weighted by Crippen LogP contribution is -2.28. The average molecular weight is 303 g/mol. The molecule has 0 saturated carbocycles. The first kappa shape index (κ1) is 14.3. The maximum absolute atomic E-state index is 12.5. The summed E-state index contributed by atoms with van der Waals surface area (Å²) in [5, 5.41) is 5.51. The molecule has 0 aromatic carbocycles. The van der Waals surface area contributed by atoms with Crippen LogP contribution in [0.4, 0.5) is 5.82 Å². The van der Waals surface area contributed by atoms with Crippen LogP contribution in [-0.2, 0) is 13.0 Å². The van der Waals surface area contributed by atoms with Gasteiger partial charge in [-0.3, -0.25) is 4.79 Å². The summed E-state index contributed by atoms with van der Waals surface area (Å²) >= 11 is 1.81. The van der Waals surface area contributed by atoms with Crippen molar-refractivity contribution >= 4 is 17.2 Å². The van der Waals surface area contributed by atoms with Gasteiger partial charge in [0, 0.05) is 23.8 Å². The first-order chi connectivity index (χ1) is 10.1. The van der Waals surface area contributed by atoms with Gasteiger partial charge in [-0.15, -0.1) is 11.3 Å². The van der Waals surface area contributed by atoms with Gasteiger partial charge in [0.05, 0.1) is 6.04 Å². The zero-order valence-corrected chi connectivity index (χ0v) is 13.3. The van der Waals surface area contributed by atoms with Crippen LogP contribution in [-0.4, -0.2) is 9.55 Å². The van der Waals surface area contributed by atoms with Crippen LogP contribution in [0.3, 0.4) is 0 Å². The van der Waals surface area contributed by atoms with Crippen molar-refractivity contribution in [1.29, 1.82) is 0 Å². The van der Waals surface area contributed by atoms with Crippen molar-refractivity contribution in [3.63, 3.8) is 0 Å². The molecule has 21 heavy (non-hydrogen) atoms. The normalized spacial score (nSPS) is 17.8. The molecule has 0 saturated heterocycles. The molecule has 0 aliphatic heterocycles. The van der Waals surface area contributed by atoms with Gasteiger partial charge in [0.25, 0.3) is 5.56 Å². The molecule has 1 aliphatic rings. The average Bonchev–Trinajstić information content (AvgIpc) is 2.92. The molecule has 1 aliphatic carbocycles. The molecule has 1 unspecified atom stereocenters. The van der Waals surface area contributed by atoms with Gasteiger partial charge >= 0.3 is 0 Å². The number of nitrogens with zero attached hydrogens (tertiary/aromatic N) is 2. The van der Waals surface area contributed by atoms with Crippen molar-refractivity contribution in [2.45, 2.75) is 45.7 Å². The molecule has 112 valence electrons. The van der Waals surface area contributed by atoms with Crippen molar-refractivity contribution in [3.05, 3.63) is 44.6 Å². The van der Waals surface area contributed by atoms with Crippen molar-refractivity contribution in [1.82, 2.24) is 9.55 Å². The third kappa shape index (κ3) is 3.02. The Balaban J connectivity index is 1.85. The van der Waals surface area contributed by atoms with Gasteiger partial charge in [-0.25, -0.2) is 4.98 Å². The summed E-state index contributed by atoms with van der Waals surface area (Å²) in [5.41, 5.74) is 1.32. The van der Waals surface area contributed by atoms with Crippen molar-refractivity contribution in [3.8, 4) is 0 Å². The van der Waals surface area contributed by atoms with Gasteiger partial charge in [-0.05, 0) is 42.2 Å². The Kier molecular flexibility index (Phi) is 4.10. The van der Waals surface area contributed by atoms with Crippen LogP contribution in [0.25, 0.3) is 0 Å². The van der Waals surface area contributed by atoms with E-state index in [2.05, 4.69) is 35.6 Å². The predicted octanol–water partition coefficient (Wildman–Crippen LogP) is 3.45. The summed E-state index contributed by atoms with van der Waals surface area (Å²) in [6.45, 7) is 4.95. The molecule has 3 rings (SSSR count). The van der Waals surface area contributed by atoms with E-state index in [0.717, 1.165) is 25.8 Å². The number of aromatic nitrogens is 2. The summed E-state index contributed by atoms with van der Waals surface area (Å²) in [5.74, 6) is 0.915. The number of aryl methyl sites for hydroxylation is 1. The summed E-state index contributed by atoms with van der Waals surface area (Å²) < 4.78 is 1.75. The maximum Gasteiger partial charge on any atom is 0.293 e. The first-order valence-electron chi connectivity index (χ1n) is 7.53. The van der Waals surface area contributed by atoms with Crippen LogP contribution < -0.4 is 10.9 Å². The van der Waals surface area contributed by atoms with Gasteiger partial charge < -0.3 is 9.88 Å². The molecule has 2 aromatic rings. The van der Waals surface area contributed by atoms with Gasteiger partial charge in [0.1, 0.15) is 0 Å². The predicted molar refractivity (Wildman–Crippen MR) is 87.0 cm³/mol. The Hall–Kier alpha value is -1.62. The third-order valence-corrected chi connectivity index (χ3v) is 4.83. The van der Waals surface area contributed by atoms with Crippen LogP contribution in [0.2, 0.25) is 0 Å². The van der Waals surface area contributed by atoms with Gasteiger partial charge in [-0.1, -0.05) is 13.8 Å². The van der Waals surface area contributed by atoms with Crippen LogP contribution in [0.5, 0.6) is 0 Å². The Morgan fingerprint density at radius 2 is 2.38 bits per heavy atom. The smallest absolute Gasteiger partial charge is 0.293 e. The molecule has 4 nitrogen and oxygen atoms in total. The molecule has 0 spiro atoms. The molecule has 2 heterocycles. The van der Waals surface area contributed by atoms with Crippen molar-refractivity contribution < 1.29 is 0 Å². The van der Waals surface area contributed by atoms with Crippen molar-refractivity contribution in [2.24, 2.45) is 5.92 Å². The largest absolute Gasteiger partial charge is 0.359 e. The van der Waals surface area contributed by atoms with Gasteiger partial charge in [-0.2, -0.15) is 0 Å². The second kappa shape index (κ2) is 6.02. The van der Waals surface area contributed by atoms with E-state index >= 15 is 0 Å². The van der Waals surface area contributed by atoms with Crippen LogP contribution >= 0.6 is 11.3 Å². The summed E-state index contributed by atoms with van der Waals surface area (Å²) in [7, 11) is 0. The minimum atomic E-state index is -0.0199. The molecule has 1 atom stereocenters. The lowest BCUT2D eigenvalue weighted by atomic mass is 9.94. The number of rotatable bonds is 4. The number of thiophene rings is 1. The molecular weight excluding hydrogens is 282 g/mol. The lowest BCUT2D eigenvalue weighted by Gasteiger charge is -2.24. The second-order valence-corrected chi connectivity index (χ2v) is 7.02. The van der Waals surface area contributed by atoms with Crippen LogP contribution in [0.1, 0.15) is 43.2 Å². The Labute approximate surface area is 128 Å². The molecule has 0 amide bonds. The number of nitrogens with one attached hydrogen (secondary N) is 1. The highest BCUT2D eigenvalue weighted by atomic mass is 32.1. The van der Waals surface area contributed by atoms with Crippen LogP contribution in [0, 0.1) is 5.92 Å². The lowest BCUT2D eigenvalue weighted by molar-refractivity contribution is 0.508. The van der Waals surface area contributed by atoms with Gasteiger partial charge in [0.15, 0.2) is 5.82 Å². The fourth-order valence-corrected chi connectivity index (χ4v) is 3.87. The van der Waals surface area contributed by atoms with E-state index in [9.17, 15) is 4.79 Å². The quantitative estimate of drug-likeness (QED) is 0.941. The van der Waals surface area contributed by atoms with E-state index in [1.807, 2.05) is 11.3 Å². The molecule has 0 fully saturated rings. The maximum atomic E-state index is 12.5. The highest BCUT2D eigenvalue weighted by Crippen LogP contribution is 2.34.